The molecule has 29 heavy (non-hydrogen) atoms. The van der Waals surface area contributed by atoms with Gasteiger partial charge in [0.05, 0.1) is 7.11 Å². The molecule has 2 aromatic rings. The number of aromatic nitrogens is 1. The van der Waals surface area contributed by atoms with E-state index in [-0.39, 0.29) is 5.91 Å². The predicted molar refractivity (Wildman–Crippen MR) is 108 cm³/mol. The smallest absolute Gasteiger partial charge is 0.281 e. The maximum atomic E-state index is 13.3. The van der Waals surface area contributed by atoms with Crippen LogP contribution in [-0.2, 0) is 9.59 Å². The van der Waals surface area contributed by atoms with Crippen molar-refractivity contribution in [3.05, 3.63) is 42.6 Å². The van der Waals surface area contributed by atoms with E-state index >= 15 is 0 Å². The number of hydrogen-bond acceptors (Lipinski definition) is 6. The Kier molecular flexibility index (Phi) is 4.77. The molecule has 0 N–H and O–H groups in total. The minimum absolute atomic E-state index is 0.321. The number of pyridine rings is 1. The van der Waals surface area contributed by atoms with Gasteiger partial charge in [0.2, 0.25) is 0 Å². The molecule has 3 heterocycles. The Bertz CT molecular complexity index is 925. The monoisotopic (exact) mass is 396 g/mol. The molecule has 2 amide bonds. The number of fused-ring (bicyclic) bond motifs is 1. The van der Waals surface area contributed by atoms with Crippen LogP contribution in [0.2, 0.25) is 0 Å². The predicted octanol–water partition coefficient (Wildman–Crippen LogP) is 1.55. The summed E-state index contributed by atoms with van der Waals surface area (Å²) >= 11 is 0. The zero-order chi connectivity index (χ0) is 20.6. The van der Waals surface area contributed by atoms with Gasteiger partial charge in [0.25, 0.3) is 17.4 Å². The second-order valence-corrected chi connectivity index (χ2v) is 7.30. The van der Waals surface area contributed by atoms with Gasteiger partial charge in [-0.25, -0.2) is 4.98 Å². The normalized spacial score (nSPS) is 21.5. The minimum atomic E-state index is -1.59. The molecule has 1 unspecified atom stereocenters. The highest BCUT2D eigenvalue weighted by molar-refractivity contribution is 6.15. The van der Waals surface area contributed by atoms with E-state index in [1.54, 1.807) is 44.3 Å². The third-order valence-electron chi connectivity index (χ3n) is 5.51. The second-order valence-electron chi connectivity index (χ2n) is 7.30. The molecule has 1 aromatic heterocycles. The molecule has 0 radical (unpaired) electrons. The zero-order valence-corrected chi connectivity index (χ0v) is 16.8. The summed E-state index contributed by atoms with van der Waals surface area (Å²) in [5.74, 6) is 0.932. The number of piperazine rings is 1. The number of nitrogens with zero attached hydrogens (tertiary/aromatic N) is 4. The summed E-state index contributed by atoms with van der Waals surface area (Å²) in [5.41, 5.74) is -0.513. The molecule has 0 aliphatic carbocycles. The van der Waals surface area contributed by atoms with Gasteiger partial charge >= 0.3 is 0 Å². The summed E-state index contributed by atoms with van der Waals surface area (Å²) in [6.45, 7) is 3.92. The van der Waals surface area contributed by atoms with Crippen molar-refractivity contribution in [3.63, 3.8) is 0 Å². The molecule has 1 saturated heterocycles. The third-order valence-corrected chi connectivity index (χ3v) is 5.51. The van der Waals surface area contributed by atoms with E-state index in [1.165, 1.54) is 4.90 Å². The van der Waals surface area contributed by atoms with E-state index in [0.29, 0.717) is 37.7 Å². The lowest BCUT2D eigenvalue weighted by Gasteiger charge is -2.42. The first-order chi connectivity index (χ1) is 13.9. The number of anilines is 2. The van der Waals surface area contributed by atoms with Crippen LogP contribution in [-0.4, -0.2) is 67.6 Å². The SMILES string of the molecule is COc1ccc(N2CCN(C(=O)C3(C)Oc4cccnc4N(C)C3=O)CC2)cc1. The Morgan fingerprint density at radius 1 is 1.14 bits per heavy atom. The van der Waals surface area contributed by atoms with E-state index < -0.39 is 11.5 Å². The van der Waals surface area contributed by atoms with Gasteiger partial charge in [-0.05, 0) is 43.3 Å². The van der Waals surface area contributed by atoms with Crippen molar-refractivity contribution in [2.45, 2.75) is 12.5 Å². The van der Waals surface area contributed by atoms with Crippen molar-refractivity contribution in [2.24, 2.45) is 0 Å². The number of rotatable bonds is 3. The van der Waals surface area contributed by atoms with Crippen LogP contribution in [0.1, 0.15) is 6.92 Å². The number of carbonyl (C=O) groups excluding carboxylic acids is 2. The van der Waals surface area contributed by atoms with Gasteiger partial charge < -0.3 is 19.3 Å². The van der Waals surface area contributed by atoms with E-state index in [2.05, 4.69) is 9.88 Å². The summed E-state index contributed by atoms with van der Waals surface area (Å²) < 4.78 is 11.1. The van der Waals surface area contributed by atoms with Gasteiger partial charge in [0.15, 0.2) is 11.6 Å². The molecular weight excluding hydrogens is 372 g/mol. The molecule has 8 nitrogen and oxygen atoms in total. The molecule has 0 spiro atoms. The summed E-state index contributed by atoms with van der Waals surface area (Å²) in [7, 11) is 3.25. The minimum Gasteiger partial charge on any atom is -0.497 e. The van der Waals surface area contributed by atoms with Gasteiger partial charge in [-0.2, -0.15) is 0 Å². The largest absolute Gasteiger partial charge is 0.497 e. The van der Waals surface area contributed by atoms with Crippen LogP contribution in [0.5, 0.6) is 11.5 Å². The Labute approximate surface area is 169 Å². The average molecular weight is 396 g/mol. The van der Waals surface area contributed by atoms with Crippen LogP contribution >= 0.6 is 0 Å². The van der Waals surface area contributed by atoms with Crippen LogP contribution in [0.4, 0.5) is 11.5 Å². The fourth-order valence-electron chi connectivity index (χ4n) is 3.79. The lowest BCUT2D eigenvalue weighted by atomic mass is 10.00. The van der Waals surface area contributed by atoms with E-state index in [9.17, 15) is 9.59 Å². The van der Waals surface area contributed by atoms with Crippen LogP contribution in [0.15, 0.2) is 42.6 Å². The van der Waals surface area contributed by atoms with Gasteiger partial charge in [-0.3, -0.25) is 14.5 Å². The summed E-state index contributed by atoms with van der Waals surface area (Å²) in [4.78, 5) is 35.7. The van der Waals surface area contributed by atoms with Crippen molar-refractivity contribution in [1.82, 2.24) is 9.88 Å². The number of hydrogen-bond donors (Lipinski definition) is 0. The molecule has 1 fully saturated rings. The number of ether oxygens (including phenoxy) is 2. The van der Waals surface area contributed by atoms with Crippen LogP contribution in [0.3, 0.4) is 0 Å². The number of likely N-dealkylation sites (N-methyl/N-ethyl adjacent to an activating group) is 1. The molecule has 8 heteroatoms. The first-order valence-electron chi connectivity index (χ1n) is 9.54. The highest BCUT2D eigenvalue weighted by Crippen LogP contribution is 2.36. The topological polar surface area (TPSA) is 75.2 Å². The van der Waals surface area contributed by atoms with Crippen molar-refractivity contribution in [3.8, 4) is 11.5 Å². The van der Waals surface area contributed by atoms with Gasteiger partial charge in [0, 0.05) is 45.1 Å². The maximum Gasteiger partial charge on any atom is 0.281 e. The third kappa shape index (κ3) is 3.24. The van der Waals surface area contributed by atoms with Crippen molar-refractivity contribution in [1.29, 1.82) is 0 Å². The molecule has 1 aromatic carbocycles. The Balaban J connectivity index is 1.47. The second kappa shape index (κ2) is 7.27. The van der Waals surface area contributed by atoms with Gasteiger partial charge in [-0.15, -0.1) is 0 Å². The molecule has 2 aliphatic rings. The highest BCUT2D eigenvalue weighted by atomic mass is 16.5. The van der Waals surface area contributed by atoms with Crippen LogP contribution < -0.4 is 19.3 Å². The number of methoxy groups -OCH3 is 1. The maximum absolute atomic E-state index is 13.3. The van der Waals surface area contributed by atoms with Gasteiger partial charge in [0.1, 0.15) is 5.75 Å². The van der Waals surface area contributed by atoms with Crippen molar-refractivity contribution >= 4 is 23.3 Å². The lowest BCUT2D eigenvalue weighted by Crippen LogP contribution is -2.64. The average Bonchev–Trinajstić information content (AvgIpc) is 2.77. The standard InChI is InChI=1S/C21H24N4O4/c1-21(19(26)23(2)18-17(29-21)5-4-10-22-18)20(27)25-13-11-24(12-14-25)15-6-8-16(28-3)9-7-15/h4-10H,11-14H2,1-3H3. The molecule has 1 atom stereocenters. The van der Waals surface area contributed by atoms with Crippen molar-refractivity contribution < 1.29 is 19.1 Å². The first-order valence-corrected chi connectivity index (χ1v) is 9.54. The Morgan fingerprint density at radius 3 is 2.48 bits per heavy atom. The fourth-order valence-corrected chi connectivity index (χ4v) is 3.79. The Hall–Kier alpha value is -3.29. The van der Waals surface area contributed by atoms with E-state index in [0.717, 1.165) is 11.4 Å². The molecule has 2 aliphatic heterocycles. The Morgan fingerprint density at radius 2 is 1.83 bits per heavy atom. The highest BCUT2D eigenvalue weighted by Gasteiger charge is 2.52. The molecular formula is C21H24N4O4. The molecule has 4 rings (SSSR count). The zero-order valence-electron chi connectivity index (χ0n) is 16.8. The first kappa shape index (κ1) is 19.0. The van der Waals surface area contributed by atoms with Crippen molar-refractivity contribution in [2.75, 3.05) is 50.1 Å². The summed E-state index contributed by atoms with van der Waals surface area (Å²) in [6, 6.07) is 11.3. The summed E-state index contributed by atoms with van der Waals surface area (Å²) in [5, 5.41) is 0. The number of amides is 2. The molecule has 152 valence electrons. The van der Waals surface area contributed by atoms with E-state index in [1.807, 2.05) is 24.3 Å². The summed E-state index contributed by atoms with van der Waals surface area (Å²) in [6.07, 6.45) is 1.59. The fraction of sp³-hybridized carbons (Fsp3) is 0.381. The molecule has 0 bridgehead atoms. The van der Waals surface area contributed by atoms with Crippen LogP contribution in [0.25, 0.3) is 0 Å². The van der Waals surface area contributed by atoms with Crippen LogP contribution in [0, 0.1) is 0 Å². The van der Waals surface area contributed by atoms with Gasteiger partial charge in [-0.1, -0.05) is 0 Å². The number of benzene rings is 1. The van der Waals surface area contributed by atoms with E-state index in [4.69, 9.17) is 9.47 Å². The molecule has 0 saturated carbocycles. The quantitative estimate of drug-likeness (QED) is 0.733. The number of carbonyl (C=O) groups is 2. The lowest BCUT2D eigenvalue weighted by molar-refractivity contribution is -0.156.